The molecule has 9 heteroatoms. The molecule has 0 saturated carbocycles. The molecule has 1 amide bonds. The van der Waals surface area contributed by atoms with Crippen LogP contribution in [-0.4, -0.2) is 34.4 Å². The molecule has 1 aliphatic heterocycles. The molecule has 0 saturated heterocycles. The van der Waals surface area contributed by atoms with Crippen molar-refractivity contribution in [2.24, 2.45) is 0 Å². The van der Waals surface area contributed by atoms with E-state index in [4.69, 9.17) is 4.74 Å². The van der Waals surface area contributed by atoms with Crippen LogP contribution in [0.2, 0.25) is 0 Å². The molecule has 0 radical (unpaired) electrons. The van der Waals surface area contributed by atoms with E-state index in [0.717, 1.165) is 15.6 Å². The number of nitrogens with zero attached hydrogens (tertiary/aromatic N) is 3. The van der Waals surface area contributed by atoms with Crippen molar-refractivity contribution in [2.75, 3.05) is 11.9 Å². The lowest BCUT2D eigenvalue weighted by Crippen LogP contribution is -2.42. The SMILES string of the molecule is CC1Oc2ccc(C(=O)C(C)n3cnc4scc(-c5ccc(Br)cc5)c4c3=O)cc2N(C)C1=O. The van der Waals surface area contributed by atoms with Gasteiger partial charge in [0.25, 0.3) is 11.5 Å². The van der Waals surface area contributed by atoms with E-state index in [-0.39, 0.29) is 17.2 Å². The zero-order valence-electron chi connectivity index (χ0n) is 18.6. The van der Waals surface area contributed by atoms with Crippen molar-refractivity contribution in [1.29, 1.82) is 0 Å². The highest BCUT2D eigenvalue weighted by molar-refractivity contribution is 9.10. The highest BCUT2D eigenvalue weighted by Gasteiger charge is 2.30. The maximum Gasteiger partial charge on any atom is 0.267 e. The Labute approximate surface area is 207 Å². The van der Waals surface area contributed by atoms with Crippen molar-refractivity contribution >= 4 is 54.9 Å². The lowest BCUT2D eigenvalue weighted by molar-refractivity contribution is -0.125. The molecule has 0 bridgehead atoms. The first-order chi connectivity index (χ1) is 16.3. The van der Waals surface area contributed by atoms with Gasteiger partial charge in [0.2, 0.25) is 0 Å². The van der Waals surface area contributed by atoms with Gasteiger partial charge in [-0.05, 0) is 49.7 Å². The number of amides is 1. The van der Waals surface area contributed by atoms with Gasteiger partial charge in [0.15, 0.2) is 11.9 Å². The Kier molecular flexibility index (Phi) is 5.61. The number of hydrogen-bond donors (Lipinski definition) is 0. The van der Waals surface area contributed by atoms with Gasteiger partial charge in [-0.1, -0.05) is 28.1 Å². The van der Waals surface area contributed by atoms with E-state index in [1.807, 2.05) is 29.6 Å². The summed E-state index contributed by atoms with van der Waals surface area (Å²) in [5.74, 6) is 0.0939. The summed E-state index contributed by atoms with van der Waals surface area (Å²) in [5.41, 5.74) is 2.33. The fourth-order valence-electron chi connectivity index (χ4n) is 4.10. The molecule has 7 nitrogen and oxygen atoms in total. The fourth-order valence-corrected chi connectivity index (χ4v) is 5.27. The summed E-state index contributed by atoms with van der Waals surface area (Å²) in [5, 5.41) is 2.41. The Balaban J connectivity index is 1.53. The van der Waals surface area contributed by atoms with Crippen LogP contribution in [0.25, 0.3) is 21.3 Å². The topological polar surface area (TPSA) is 81.5 Å². The number of rotatable bonds is 4. The maximum atomic E-state index is 13.5. The molecule has 2 atom stereocenters. The maximum absolute atomic E-state index is 13.5. The van der Waals surface area contributed by atoms with Crippen LogP contribution in [-0.2, 0) is 4.79 Å². The summed E-state index contributed by atoms with van der Waals surface area (Å²) in [7, 11) is 1.65. The summed E-state index contributed by atoms with van der Waals surface area (Å²) in [6.07, 6.45) is 0.841. The van der Waals surface area contributed by atoms with Crippen LogP contribution in [0.4, 0.5) is 5.69 Å². The molecule has 4 aromatic rings. The number of likely N-dealkylation sites (N-methyl/N-ethyl adjacent to an activating group) is 1. The van der Waals surface area contributed by atoms with Crippen LogP contribution < -0.4 is 15.2 Å². The van der Waals surface area contributed by atoms with Crippen molar-refractivity contribution in [3.05, 3.63) is 74.6 Å². The Morgan fingerprint density at radius 3 is 2.65 bits per heavy atom. The zero-order valence-corrected chi connectivity index (χ0v) is 21.0. The Morgan fingerprint density at radius 1 is 1.18 bits per heavy atom. The summed E-state index contributed by atoms with van der Waals surface area (Å²) in [4.78, 5) is 45.7. The molecule has 0 aliphatic carbocycles. The Morgan fingerprint density at radius 2 is 1.91 bits per heavy atom. The number of Topliss-reactive ketones (excluding diaryl/α,β-unsaturated/α-hetero) is 1. The number of halogens is 1. The van der Waals surface area contributed by atoms with Crippen molar-refractivity contribution in [3.8, 4) is 16.9 Å². The molecular formula is C25H20BrN3O4S. The molecule has 0 spiro atoms. The number of aromatic nitrogens is 2. The van der Waals surface area contributed by atoms with E-state index in [2.05, 4.69) is 20.9 Å². The molecule has 172 valence electrons. The van der Waals surface area contributed by atoms with Crippen molar-refractivity contribution in [3.63, 3.8) is 0 Å². The molecule has 34 heavy (non-hydrogen) atoms. The number of benzene rings is 2. The zero-order chi connectivity index (χ0) is 24.1. The number of anilines is 1. The average molecular weight is 538 g/mol. The van der Waals surface area contributed by atoms with Crippen molar-refractivity contribution in [2.45, 2.75) is 26.0 Å². The molecule has 3 heterocycles. The van der Waals surface area contributed by atoms with Gasteiger partial charge < -0.3 is 9.64 Å². The van der Waals surface area contributed by atoms with Crippen LogP contribution >= 0.6 is 27.3 Å². The van der Waals surface area contributed by atoms with Crippen LogP contribution in [0.15, 0.2) is 63.4 Å². The second-order valence-electron chi connectivity index (χ2n) is 8.17. The van der Waals surface area contributed by atoms with Gasteiger partial charge in [0.05, 0.1) is 23.4 Å². The van der Waals surface area contributed by atoms with Gasteiger partial charge in [0, 0.05) is 28.0 Å². The Bertz CT molecular complexity index is 1510. The standard InChI is InChI=1S/C25H20BrN3O4S/c1-13(22(30)16-6-9-20-19(10-16)28(3)24(31)14(2)33-20)29-12-27-23-21(25(29)32)18(11-34-23)15-4-7-17(26)8-5-15/h4-14H,1-3H3. The smallest absolute Gasteiger partial charge is 0.267 e. The molecule has 1 aliphatic rings. The normalized spacial score (nSPS) is 16.3. The first-order valence-corrected chi connectivity index (χ1v) is 12.3. The van der Waals surface area contributed by atoms with Gasteiger partial charge in [-0.15, -0.1) is 11.3 Å². The summed E-state index contributed by atoms with van der Waals surface area (Å²) >= 11 is 4.83. The number of carbonyl (C=O) groups excluding carboxylic acids is 2. The van der Waals surface area contributed by atoms with E-state index in [1.54, 1.807) is 39.1 Å². The Hall–Kier alpha value is -3.30. The predicted octanol–water partition coefficient (Wildman–Crippen LogP) is 5.08. The lowest BCUT2D eigenvalue weighted by Gasteiger charge is -2.30. The second kappa shape index (κ2) is 8.48. The lowest BCUT2D eigenvalue weighted by atomic mass is 10.0. The number of hydrogen-bond acceptors (Lipinski definition) is 6. The molecule has 0 fully saturated rings. The third-order valence-corrected chi connectivity index (χ3v) is 7.47. The first kappa shape index (κ1) is 22.5. The van der Waals surface area contributed by atoms with E-state index >= 15 is 0 Å². The van der Waals surface area contributed by atoms with E-state index < -0.39 is 12.1 Å². The third kappa shape index (κ3) is 3.65. The predicted molar refractivity (Wildman–Crippen MR) is 136 cm³/mol. The fraction of sp³-hybridized carbons (Fsp3) is 0.200. The molecule has 2 aromatic carbocycles. The minimum atomic E-state index is -0.787. The molecule has 2 unspecified atom stereocenters. The van der Waals surface area contributed by atoms with Crippen molar-refractivity contribution in [1.82, 2.24) is 9.55 Å². The average Bonchev–Trinajstić information content (AvgIpc) is 3.27. The quantitative estimate of drug-likeness (QED) is 0.339. The van der Waals surface area contributed by atoms with Crippen LogP contribution in [0.3, 0.4) is 0 Å². The van der Waals surface area contributed by atoms with Gasteiger partial charge in [0.1, 0.15) is 10.6 Å². The summed E-state index contributed by atoms with van der Waals surface area (Å²) in [6, 6.07) is 11.9. The van der Waals surface area contributed by atoms with Gasteiger partial charge in [-0.25, -0.2) is 4.98 Å². The minimum absolute atomic E-state index is 0.186. The van der Waals surface area contributed by atoms with Gasteiger partial charge in [-0.3, -0.25) is 19.0 Å². The molecular weight excluding hydrogens is 518 g/mol. The van der Waals surface area contributed by atoms with Gasteiger partial charge >= 0.3 is 0 Å². The number of ketones is 1. The first-order valence-electron chi connectivity index (χ1n) is 10.6. The van der Waals surface area contributed by atoms with E-state index in [9.17, 15) is 14.4 Å². The van der Waals surface area contributed by atoms with Crippen LogP contribution in [0, 0.1) is 0 Å². The number of fused-ring (bicyclic) bond motifs is 2. The monoisotopic (exact) mass is 537 g/mol. The van der Waals surface area contributed by atoms with Crippen LogP contribution in [0.5, 0.6) is 5.75 Å². The third-order valence-electron chi connectivity index (χ3n) is 6.06. The van der Waals surface area contributed by atoms with Crippen LogP contribution in [0.1, 0.15) is 30.2 Å². The largest absolute Gasteiger partial charge is 0.479 e. The van der Waals surface area contributed by atoms with Crippen molar-refractivity contribution < 1.29 is 14.3 Å². The second-order valence-corrected chi connectivity index (χ2v) is 9.95. The molecule has 2 aromatic heterocycles. The summed E-state index contributed by atoms with van der Waals surface area (Å²) < 4.78 is 7.96. The van der Waals surface area contributed by atoms with Gasteiger partial charge in [-0.2, -0.15) is 0 Å². The minimum Gasteiger partial charge on any atom is -0.479 e. The highest BCUT2D eigenvalue weighted by atomic mass is 79.9. The summed E-state index contributed by atoms with van der Waals surface area (Å²) in [6.45, 7) is 3.36. The van der Waals surface area contributed by atoms with E-state index in [0.29, 0.717) is 27.2 Å². The molecule has 0 N–H and O–H groups in total. The van der Waals surface area contributed by atoms with E-state index in [1.165, 1.54) is 27.1 Å². The number of thiophene rings is 1. The number of carbonyl (C=O) groups is 2. The number of ether oxygens (including phenoxy) is 1. The highest BCUT2D eigenvalue weighted by Crippen LogP contribution is 2.35. The molecule has 5 rings (SSSR count).